The van der Waals surface area contributed by atoms with Crippen molar-refractivity contribution in [1.82, 2.24) is 10.2 Å². The maximum absolute atomic E-state index is 12.7. The van der Waals surface area contributed by atoms with Crippen LogP contribution in [0, 0.1) is 0 Å². The molecule has 8 heteroatoms. The van der Waals surface area contributed by atoms with Gasteiger partial charge in [-0.25, -0.2) is 4.79 Å². The van der Waals surface area contributed by atoms with Gasteiger partial charge in [0.05, 0.1) is 6.61 Å². The van der Waals surface area contributed by atoms with Crippen LogP contribution in [0.25, 0.3) is 0 Å². The van der Waals surface area contributed by atoms with Crippen LogP contribution in [-0.4, -0.2) is 49.0 Å². The number of ether oxygens (including phenoxy) is 2. The van der Waals surface area contributed by atoms with E-state index in [1.807, 2.05) is 6.07 Å². The van der Waals surface area contributed by atoms with Crippen LogP contribution in [-0.2, 0) is 25.7 Å². The number of likely N-dealkylation sites (N-methyl/N-ethyl adjacent to an activating group) is 1. The number of esters is 1. The third kappa shape index (κ3) is 15.2. The third-order valence-electron chi connectivity index (χ3n) is 6.17. The van der Waals surface area contributed by atoms with Crippen LogP contribution in [0.4, 0.5) is 4.79 Å². The van der Waals surface area contributed by atoms with Gasteiger partial charge in [-0.2, -0.15) is 0 Å². The van der Waals surface area contributed by atoms with E-state index in [0.717, 1.165) is 57.8 Å². The van der Waals surface area contributed by atoms with E-state index >= 15 is 0 Å². The van der Waals surface area contributed by atoms with Crippen LogP contribution >= 0.6 is 0 Å². The maximum atomic E-state index is 12.7. The summed E-state index contributed by atoms with van der Waals surface area (Å²) in [5.74, 6) is -1.85. The molecule has 0 aliphatic carbocycles. The molecule has 0 aromatic heterocycles. The molecular weight excluding hydrogens is 482 g/mol. The van der Waals surface area contributed by atoms with Crippen LogP contribution in [0.15, 0.2) is 47.5 Å². The minimum Gasteiger partial charge on any atom is -0.464 e. The molecule has 0 spiro atoms. The van der Waals surface area contributed by atoms with E-state index in [-0.39, 0.29) is 19.6 Å². The number of nitrogens with one attached hydrogen (secondary N) is 1. The fraction of sp³-hybridized carbons (Fsp3) is 0.600. The van der Waals surface area contributed by atoms with Crippen LogP contribution < -0.4 is 5.32 Å². The average molecular weight is 531 g/mol. The second kappa shape index (κ2) is 19.9. The van der Waals surface area contributed by atoms with Crippen molar-refractivity contribution >= 4 is 23.9 Å². The first-order chi connectivity index (χ1) is 19.8. The van der Waals surface area contributed by atoms with Gasteiger partial charge < -0.3 is 14.4 Å². The third-order valence-corrected chi connectivity index (χ3v) is 6.17. The number of amides is 2. The molecule has 0 saturated carbocycles. The SMILES string of the molecule is [2H]C([2H])([2H])N1CC(=O)OCCCCCCCC/C=C\CCCCCCCC(=O)N/C1=N/C(=O)OCc1ccccc1. The molecule has 1 heterocycles. The fourth-order valence-electron chi connectivity index (χ4n) is 4.00. The average Bonchev–Trinajstić information content (AvgIpc) is 2.93. The van der Waals surface area contributed by atoms with Crippen molar-refractivity contribution in [3.8, 4) is 0 Å². The number of hydrogen-bond acceptors (Lipinski definition) is 5. The predicted molar refractivity (Wildman–Crippen MR) is 150 cm³/mol. The van der Waals surface area contributed by atoms with Crippen molar-refractivity contribution in [2.24, 2.45) is 4.99 Å². The van der Waals surface area contributed by atoms with E-state index in [0.29, 0.717) is 23.3 Å². The van der Waals surface area contributed by atoms with Crippen molar-refractivity contribution in [1.29, 1.82) is 0 Å². The van der Waals surface area contributed by atoms with E-state index in [4.69, 9.17) is 13.6 Å². The molecule has 2 rings (SSSR count). The van der Waals surface area contributed by atoms with Crippen molar-refractivity contribution in [3.05, 3.63) is 48.0 Å². The van der Waals surface area contributed by atoms with Crippen LogP contribution in [0.3, 0.4) is 0 Å². The molecule has 1 aromatic carbocycles. The molecule has 8 nitrogen and oxygen atoms in total. The molecule has 0 fully saturated rings. The highest BCUT2D eigenvalue weighted by molar-refractivity contribution is 6.01. The van der Waals surface area contributed by atoms with Gasteiger partial charge in [-0.3, -0.25) is 14.9 Å². The second-order valence-electron chi connectivity index (χ2n) is 9.52. The number of guanidine groups is 1. The molecule has 210 valence electrons. The van der Waals surface area contributed by atoms with Gasteiger partial charge in [-0.05, 0) is 44.1 Å². The monoisotopic (exact) mass is 530 g/mol. The Kier molecular flexibility index (Phi) is 13.8. The summed E-state index contributed by atoms with van der Waals surface area (Å²) in [7, 11) is 0. The first-order valence-electron chi connectivity index (χ1n) is 15.4. The lowest BCUT2D eigenvalue weighted by atomic mass is 10.1. The lowest BCUT2D eigenvalue weighted by Crippen LogP contribution is -2.45. The zero-order valence-corrected chi connectivity index (χ0v) is 22.5. The topological polar surface area (TPSA) is 97.3 Å². The predicted octanol–water partition coefficient (Wildman–Crippen LogP) is 6.30. The Labute approximate surface area is 232 Å². The van der Waals surface area contributed by atoms with E-state index in [1.165, 1.54) is 12.8 Å². The Morgan fingerprint density at radius 2 is 1.58 bits per heavy atom. The highest BCUT2D eigenvalue weighted by atomic mass is 16.5. The van der Waals surface area contributed by atoms with E-state index in [2.05, 4.69) is 22.5 Å². The molecule has 0 radical (unpaired) electrons. The summed E-state index contributed by atoms with van der Waals surface area (Å²) in [6.07, 6.45) is 16.4. The number of carbonyl (C=O) groups is 3. The van der Waals surface area contributed by atoms with Gasteiger partial charge in [0.25, 0.3) is 0 Å². The smallest absolute Gasteiger partial charge is 0.437 e. The Morgan fingerprint density at radius 3 is 2.26 bits per heavy atom. The minimum absolute atomic E-state index is 0.0873. The summed E-state index contributed by atoms with van der Waals surface area (Å²) in [5, 5.41) is 2.43. The van der Waals surface area contributed by atoms with E-state index in [9.17, 15) is 14.4 Å². The fourth-order valence-corrected chi connectivity index (χ4v) is 4.00. The van der Waals surface area contributed by atoms with Crippen molar-refractivity contribution in [2.75, 3.05) is 20.1 Å². The molecule has 1 aromatic rings. The highest BCUT2D eigenvalue weighted by Gasteiger charge is 2.17. The Bertz CT molecular complexity index is 983. The summed E-state index contributed by atoms with van der Waals surface area (Å²) in [5.41, 5.74) is 0.714. The van der Waals surface area contributed by atoms with Gasteiger partial charge in [-0.15, -0.1) is 4.99 Å². The quantitative estimate of drug-likeness (QED) is 0.356. The molecule has 0 bridgehead atoms. The molecular formula is C30H45N3O5. The van der Waals surface area contributed by atoms with Crippen LogP contribution in [0.2, 0.25) is 0 Å². The van der Waals surface area contributed by atoms with Crippen LogP contribution in [0.5, 0.6) is 0 Å². The Morgan fingerprint density at radius 1 is 0.947 bits per heavy atom. The van der Waals surface area contributed by atoms with Crippen molar-refractivity contribution in [2.45, 2.75) is 96.5 Å². The number of rotatable bonds is 2. The number of hydrogen-bond donors (Lipinski definition) is 1. The number of aliphatic imine (C=N–C) groups is 1. The van der Waals surface area contributed by atoms with Gasteiger partial charge in [-0.1, -0.05) is 87.4 Å². The zero-order valence-electron chi connectivity index (χ0n) is 25.5. The first kappa shape index (κ1) is 26.4. The van der Waals surface area contributed by atoms with Gasteiger partial charge in [0.15, 0.2) is 0 Å². The lowest BCUT2D eigenvalue weighted by Gasteiger charge is -2.20. The molecule has 1 N–H and O–H groups in total. The highest BCUT2D eigenvalue weighted by Crippen LogP contribution is 2.11. The second-order valence-corrected chi connectivity index (χ2v) is 9.52. The molecule has 0 atom stereocenters. The summed E-state index contributed by atoms with van der Waals surface area (Å²) >= 11 is 0. The number of cyclic esters (lactones) is 1. The van der Waals surface area contributed by atoms with Crippen molar-refractivity contribution in [3.63, 3.8) is 0 Å². The molecule has 2 amide bonds. The zero-order chi connectivity index (χ0) is 29.8. The van der Waals surface area contributed by atoms with Gasteiger partial charge in [0.2, 0.25) is 11.9 Å². The Balaban J connectivity index is 2.11. The molecule has 0 saturated heterocycles. The summed E-state index contributed by atoms with van der Waals surface area (Å²) < 4.78 is 34.3. The standard InChI is InChI=1S/C30H45N3O5/c1-33-24-28(35)37-23-19-14-12-10-8-6-4-2-3-5-7-9-11-13-18-22-27(34)31-29(33)32-30(36)38-25-26-20-16-15-17-21-26/h2-3,15-17,20-21H,4-14,18-19,22-25H2,1H3,(H,31,32,34,36)/b3-2-/i1D3. The molecule has 1 aliphatic heterocycles. The van der Waals surface area contributed by atoms with Gasteiger partial charge in [0, 0.05) is 17.5 Å². The molecule has 1 aliphatic rings. The summed E-state index contributed by atoms with van der Waals surface area (Å²) in [4.78, 5) is 42.2. The van der Waals surface area contributed by atoms with E-state index in [1.54, 1.807) is 24.3 Å². The number of nitrogens with zero attached hydrogens (tertiary/aromatic N) is 2. The summed E-state index contributed by atoms with van der Waals surface area (Å²) in [6, 6.07) is 8.91. The van der Waals surface area contributed by atoms with Crippen molar-refractivity contribution < 1.29 is 28.0 Å². The largest absolute Gasteiger partial charge is 0.464 e. The molecule has 38 heavy (non-hydrogen) atoms. The first-order valence-corrected chi connectivity index (χ1v) is 13.9. The van der Waals surface area contributed by atoms with Gasteiger partial charge in [0.1, 0.15) is 13.2 Å². The maximum Gasteiger partial charge on any atom is 0.437 e. The van der Waals surface area contributed by atoms with Crippen LogP contribution in [0.1, 0.15) is 99.6 Å². The minimum atomic E-state index is -2.88. The molecule has 0 unspecified atom stereocenters. The number of allylic oxidation sites excluding steroid dienone is 2. The summed E-state index contributed by atoms with van der Waals surface area (Å²) in [6.45, 7) is -3.52. The van der Waals surface area contributed by atoms with Gasteiger partial charge >= 0.3 is 12.1 Å². The normalized spacial score (nSPS) is 22.1. The number of benzene rings is 1. The Hall–Kier alpha value is -3.16. The van der Waals surface area contributed by atoms with E-state index < -0.39 is 37.4 Å². The number of carbonyl (C=O) groups excluding carboxylic acids is 3. The lowest BCUT2D eigenvalue weighted by molar-refractivity contribution is -0.144.